The Kier molecular flexibility index (Phi) is 6.81. The first kappa shape index (κ1) is 19.4. The highest BCUT2D eigenvalue weighted by Gasteiger charge is 2.16. The molecule has 3 amide bonds. The molecule has 1 fully saturated rings. The van der Waals surface area contributed by atoms with Crippen molar-refractivity contribution >= 4 is 34.1 Å². The monoisotopic (exact) mass is 386 g/mol. The molecule has 1 aliphatic rings. The third-order valence-electron chi connectivity index (χ3n) is 4.70. The second-order valence-corrected chi connectivity index (χ2v) is 7.71. The van der Waals surface area contributed by atoms with Gasteiger partial charge in [-0.15, -0.1) is 11.3 Å². The lowest BCUT2D eigenvalue weighted by Gasteiger charge is -2.22. The van der Waals surface area contributed by atoms with Gasteiger partial charge in [0.15, 0.2) is 5.13 Å². The van der Waals surface area contributed by atoms with E-state index in [1.165, 1.54) is 36.2 Å². The number of amides is 3. The molecular weight excluding hydrogens is 360 g/mol. The van der Waals surface area contributed by atoms with E-state index in [1.54, 1.807) is 5.38 Å². The number of carbonyl (C=O) groups excluding carboxylic acids is 2. The molecule has 7 heteroatoms. The van der Waals surface area contributed by atoms with E-state index in [0.29, 0.717) is 10.8 Å². The molecule has 1 saturated carbocycles. The van der Waals surface area contributed by atoms with E-state index < -0.39 is 0 Å². The summed E-state index contributed by atoms with van der Waals surface area (Å²) in [6.07, 6.45) is 6.81. The summed E-state index contributed by atoms with van der Waals surface area (Å²) in [4.78, 5) is 28.6. The number of rotatable bonds is 6. The average Bonchev–Trinajstić information content (AvgIpc) is 3.09. The lowest BCUT2D eigenvalue weighted by molar-refractivity contribution is -0.115. The van der Waals surface area contributed by atoms with Crippen molar-refractivity contribution in [2.75, 3.05) is 10.6 Å². The van der Waals surface area contributed by atoms with E-state index in [-0.39, 0.29) is 24.4 Å². The van der Waals surface area contributed by atoms with Gasteiger partial charge >= 0.3 is 6.03 Å². The lowest BCUT2D eigenvalue weighted by Crippen LogP contribution is -2.39. The van der Waals surface area contributed by atoms with Gasteiger partial charge in [-0.2, -0.15) is 0 Å². The largest absolute Gasteiger partial charge is 0.335 e. The van der Waals surface area contributed by atoms with Crippen molar-refractivity contribution in [2.45, 2.75) is 57.9 Å². The van der Waals surface area contributed by atoms with Crippen molar-refractivity contribution in [2.24, 2.45) is 0 Å². The van der Waals surface area contributed by atoms with Gasteiger partial charge in [-0.25, -0.2) is 9.78 Å². The molecule has 1 aliphatic carbocycles. The number of urea groups is 1. The molecule has 144 valence electrons. The van der Waals surface area contributed by atoms with Crippen LogP contribution in [0.5, 0.6) is 0 Å². The number of benzene rings is 1. The topological polar surface area (TPSA) is 83.1 Å². The van der Waals surface area contributed by atoms with Gasteiger partial charge in [0.25, 0.3) is 0 Å². The molecular formula is C20H26N4O2S. The Morgan fingerprint density at radius 2 is 1.85 bits per heavy atom. The van der Waals surface area contributed by atoms with Crippen LogP contribution < -0.4 is 16.0 Å². The molecule has 1 heterocycles. The third kappa shape index (κ3) is 6.06. The zero-order chi connectivity index (χ0) is 19.1. The van der Waals surface area contributed by atoms with Crippen molar-refractivity contribution in [3.63, 3.8) is 0 Å². The van der Waals surface area contributed by atoms with Crippen LogP contribution >= 0.6 is 11.3 Å². The van der Waals surface area contributed by atoms with E-state index in [1.807, 2.05) is 24.3 Å². The molecule has 6 nitrogen and oxygen atoms in total. The Balaban J connectivity index is 1.46. The Bertz CT molecular complexity index is 767. The van der Waals surface area contributed by atoms with Crippen LogP contribution in [0.4, 0.5) is 15.6 Å². The summed E-state index contributed by atoms with van der Waals surface area (Å²) in [7, 11) is 0. The summed E-state index contributed by atoms with van der Waals surface area (Å²) in [5.41, 5.74) is 2.66. The standard InChI is InChI=1S/C20H26N4O2S/c1-2-14-8-10-16(11-9-14)21-18(25)12-17-13-27-20(23-17)24-19(26)22-15-6-4-3-5-7-15/h8-11,13,15H,2-7,12H2,1H3,(H,21,25)(H2,22,23,24,26). The minimum Gasteiger partial charge on any atom is -0.335 e. The fourth-order valence-electron chi connectivity index (χ4n) is 3.20. The number of thiazole rings is 1. The van der Waals surface area contributed by atoms with Gasteiger partial charge < -0.3 is 10.6 Å². The molecule has 0 saturated heterocycles. The van der Waals surface area contributed by atoms with Crippen molar-refractivity contribution in [1.29, 1.82) is 0 Å². The molecule has 0 spiro atoms. The molecule has 0 aliphatic heterocycles. The average molecular weight is 387 g/mol. The first-order valence-corrected chi connectivity index (χ1v) is 10.4. The quantitative estimate of drug-likeness (QED) is 0.690. The summed E-state index contributed by atoms with van der Waals surface area (Å²) in [6, 6.07) is 7.85. The van der Waals surface area contributed by atoms with Crippen molar-refractivity contribution < 1.29 is 9.59 Å². The second kappa shape index (κ2) is 9.50. The molecule has 1 aromatic heterocycles. The number of hydrogen-bond donors (Lipinski definition) is 3. The zero-order valence-corrected chi connectivity index (χ0v) is 16.4. The maximum absolute atomic E-state index is 12.2. The highest BCUT2D eigenvalue weighted by Crippen LogP contribution is 2.19. The lowest BCUT2D eigenvalue weighted by atomic mass is 9.96. The summed E-state index contributed by atoms with van der Waals surface area (Å²) in [5, 5.41) is 11.0. The minimum atomic E-state index is -0.219. The number of nitrogens with one attached hydrogen (secondary N) is 3. The minimum absolute atomic E-state index is 0.122. The SMILES string of the molecule is CCc1ccc(NC(=O)Cc2csc(NC(=O)NC3CCCCC3)n2)cc1. The predicted octanol–water partition coefficient (Wildman–Crippen LogP) is 4.34. The molecule has 0 bridgehead atoms. The predicted molar refractivity (Wildman–Crippen MR) is 109 cm³/mol. The van der Waals surface area contributed by atoms with Crippen LogP contribution in [0.1, 0.15) is 50.3 Å². The number of anilines is 2. The van der Waals surface area contributed by atoms with Crippen molar-refractivity contribution in [3.8, 4) is 0 Å². The Morgan fingerprint density at radius 3 is 2.56 bits per heavy atom. The van der Waals surface area contributed by atoms with Crippen LogP contribution in [-0.4, -0.2) is 23.0 Å². The first-order chi connectivity index (χ1) is 13.1. The summed E-state index contributed by atoms with van der Waals surface area (Å²) >= 11 is 1.33. The van der Waals surface area contributed by atoms with Crippen LogP contribution in [0.2, 0.25) is 0 Å². The van der Waals surface area contributed by atoms with E-state index in [0.717, 1.165) is 24.9 Å². The molecule has 27 heavy (non-hydrogen) atoms. The Hall–Kier alpha value is -2.41. The van der Waals surface area contributed by atoms with E-state index >= 15 is 0 Å². The number of aromatic nitrogens is 1. The van der Waals surface area contributed by atoms with Crippen LogP contribution in [0.25, 0.3) is 0 Å². The van der Waals surface area contributed by atoms with E-state index in [2.05, 4.69) is 27.9 Å². The molecule has 0 radical (unpaired) electrons. The highest BCUT2D eigenvalue weighted by atomic mass is 32.1. The summed E-state index contributed by atoms with van der Waals surface area (Å²) in [5.74, 6) is -0.122. The van der Waals surface area contributed by atoms with E-state index in [4.69, 9.17) is 0 Å². The number of hydrogen-bond acceptors (Lipinski definition) is 4. The number of aryl methyl sites for hydroxylation is 1. The zero-order valence-electron chi connectivity index (χ0n) is 15.6. The maximum atomic E-state index is 12.2. The summed E-state index contributed by atoms with van der Waals surface area (Å²) in [6.45, 7) is 2.09. The van der Waals surface area contributed by atoms with Crippen LogP contribution in [-0.2, 0) is 17.6 Å². The van der Waals surface area contributed by atoms with Gasteiger partial charge in [-0.05, 0) is 37.0 Å². The molecule has 0 unspecified atom stereocenters. The fourth-order valence-corrected chi connectivity index (χ4v) is 3.91. The third-order valence-corrected chi connectivity index (χ3v) is 5.51. The van der Waals surface area contributed by atoms with Crippen LogP contribution in [0, 0.1) is 0 Å². The van der Waals surface area contributed by atoms with Crippen LogP contribution in [0.3, 0.4) is 0 Å². The smallest absolute Gasteiger partial charge is 0.321 e. The van der Waals surface area contributed by atoms with Crippen molar-refractivity contribution in [3.05, 3.63) is 40.9 Å². The number of nitrogens with zero attached hydrogens (tertiary/aromatic N) is 1. The first-order valence-electron chi connectivity index (χ1n) is 9.53. The second-order valence-electron chi connectivity index (χ2n) is 6.85. The van der Waals surface area contributed by atoms with Gasteiger partial charge in [0, 0.05) is 17.1 Å². The molecule has 2 aromatic rings. The fraction of sp³-hybridized carbons (Fsp3) is 0.450. The Morgan fingerprint density at radius 1 is 1.11 bits per heavy atom. The maximum Gasteiger partial charge on any atom is 0.321 e. The van der Waals surface area contributed by atoms with E-state index in [9.17, 15) is 9.59 Å². The molecule has 3 rings (SSSR count). The Labute approximate surface area is 163 Å². The van der Waals surface area contributed by atoms with Gasteiger partial charge in [-0.3, -0.25) is 10.1 Å². The molecule has 0 atom stereocenters. The molecule has 3 N–H and O–H groups in total. The van der Waals surface area contributed by atoms with Gasteiger partial charge in [0.1, 0.15) is 0 Å². The summed E-state index contributed by atoms with van der Waals surface area (Å²) < 4.78 is 0. The van der Waals surface area contributed by atoms with Gasteiger partial charge in [0.2, 0.25) is 5.91 Å². The van der Waals surface area contributed by atoms with Gasteiger partial charge in [0.05, 0.1) is 12.1 Å². The van der Waals surface area contributed by atoms with Gasteiger partial charge in [-0.1, -0.05) is 38.3 Å². The normalized spacial score (nSPS) is 14.6. The number of carbonyl (C=O) groups is 2. The molecule has 1 aromatic carbocycles. The van der Waals surface area contributed by atoms with Crippen LogP contribution in [0.15, 0.2) is 29.6 Å². The highest BCUT2D eigenvalue weighted by molar-refractivity contribution is 7.13. The van der Waals surface area contributed by atoms with Crippen molar-refractivity contribution in [1.82, 2.24) is 10.3 Å².